The molecule has 6 heteroatoms. The van der Waals surface area contributed by atoms with E-state index in [9.17, 15) is 4.79 Å². The van der Waals surface area contributed by atoms with Gasteiger partial charge in [-0.25, -0.2) is 4.98 Å². The van der Waals surface area contributed by atoms with E-state index in [4.69, 9.17) is 4.74 Å². The van der Waals surface area contributed by atoms with Crippen LogP contribution in [0.5, 0.6) is 0 Å². The first-order valence-corrected chi connectivity index (χ1v) is 8.53. The minimum atomic E-state index is -0.124. The lowest BCUT2D eigenvalue weighted by molar-refractivity contribution is 0.0693. The van der Waals surface area contributed by atoms with Crippen molar-refractivity contribution in [2.45, 2.75) is 6.10 Å². The molecule has 104 valence electrons. The van der Waals surface area contributed by atoms with E-state index < -0.39 is 0 Å². The zero-order valence-electron chi connectivity index (χ0n) is 10.6. The zero-order valence-corrected chi connectivity index (χ0v) is 13.6. The predicted molar refractivity (Wildman–Crippen MR) is 89.0 cm³/mol. The Morgan fingerprint density at radius 3 is 2.85 bits per heavy atom. The molecule has 2 aromatic rings. The third-order valence-electron chi connectivity index (χ3n) is 3.05. The predicted octanol–water partition coefficient (Wildman–Crippen LogP) is 2.85. The highest BCUT2D eigenvalue weighted by Crippen LogP contribution is 2.26. The molecule has 1 aromatic heterocycles. The number of rotatable bonds is 2. The fourth-order valence-electron chi connectivity index (χ4n) is 2.06. The minimum Gasteiger partial charge on any atom is -0.369 e. The van der Waals surface area contributed by atoms with E-state index in [0.29, 0.717) is 16.0 Å². The van der Waals surface area contributed by atoms with E-state index in [1.54, 1.807) is 0 Å². The number of nitrogens with one attached hydrogen (secondary N) is 1. The van der Waals surface area contributed by atoms with Crippen LogP contribution in [0.3, 0.4) is 0 Å². The average molecular weight is 400 g/mol. The molecule has 1 unspecified atom stereocenters. The van der Waals surface area contributed by atoms with Crippen molar-refractivity contribution in [3.8, 4) is 11.3 Å². The first-order chi connectivity index (χ1) is 9.75. The maximum atomic E-state index is 12.1. The molecule has 1 saturated heterocycles. The number of aromatic amines is 1. The lowest BCUT2D eigenvalue weighted by Gasteiger charge is -2.21. The summed E-state index contributed by atoms with van der Waals surface area (Å²) in [5.41, 5.74) is 1.57. The number of hydrogen-bond donors (Lipinski definition) is 1. The molecule has 1 fully saturated rings. The van der Waals surface area contributed by atoms with Crippen LogP contribution < -0.4 is 5.56 Å². The van der Waals surface area contributed by atoms with Gasteiger partial charge in [-0.3, -0.25) is 4.79 Å². The van der Waals surface area contributed by atoms with Gasteiger partial charge in [0.2, 0.25) is 0 Å². The van der Waals surface area contributed by atoms with Crippen LogP contribution in [0.15, 0.2) is 35.1 Å². The minimum absolute atomic E-state index is 0.103. The standard InChI is InChI=1S/C14H13IN2O2S/c15-11-12(9-4-2-1-3-5-9)16-13(17-14(11)18)10-8-20-7-6-19-10/h1-5,10H,6-8H2,(H,16,17,18). The maximum Gasteiger partial charge on any atom is 0.265 e. The Labute approximate surface area is 134 Å². The van der Waals surface area contributed by atoms with Crippen molar-refractivity contribution in [3.63, 3.8) is 0 Å². The summed E-state index contributed by atoms with van der Waals surface area (Å²) >= 11 is 3.86. The monoisotopic (exact) mass is 400 g/mol. The van der Waals surface area contributed by atoms with Crippen LogP contribution in [0, 0.1) is 3.57 Å². The maximum absolute atomic E-state index is 12.1. The molecular weight excluding hydrogens is 387 g/mol. The molecule has 3 rings (SSSR count). The Bertz CT molecular complexity index is 654. The van der Waals surface area contributed by atoms with Crippen LogP contribution in [0.4, 0.5) is 0 Å². The normalized spacial score (nSPS) is 18.9. The summed E-state index contributed by atoms with van der Waals surface area (Å²) in [4.78, 5) is 19.6. The van der Waals surface area contributed by atoms with Crippen molar-refractivity contribution in [1.29, 1.82) is 0 Å². The third-order valence-corrected chi connectivity index (χ3v) is 5.04. The van der Waals surface area contributed by atoms with Crippen LogP contribution >= 0.6 is 34.4 Å². The molecule has 1 N–H and O–H groups in total. The van der Waals surface area contributed by atoms with Gasteiger partial charge in [-0.15, -0.1) is 0 Å². The van der Waals surface area contributed by atoms with Crippen LogP contribution in [0.2, 0.25) is 0 Å². The van der Waals surface area contributed by atoms with Crippen molar-refractivity contribution in [3.05, 3.63) is 50.1 Å². The van der Waals surface area contributed by atoms with Gasteiger partial charge in [-0.05, 0) is 22.6 Å². The first-order valence-electron chi connectivity index (χ1n) is 6.30. The Balaban J connectivity index is 2.06. The number of ether oxygens (including phenoxy) is 1. The average Bonchev–Trinajstić information content (AvgIpc) is 2.51. The molecular formula is C14H13IN2O2S. The SMILES string of the molecule is O=c1[nH]c(C2CSCCO2)nc(-c2ccccc2)c1I. The smallest absolute Gasteiger partial charge is 0.265 e. The molecule has 0 saturated carbocycles. The van der Waals surface area contributed by atoms with Crippen molar-refractivity contribution >= 4 is 34.4 Å². The molecule has 20 heavy (non-hydrogen) atoms. The summed E-state index contributed by atoms with van der Waals surface area (Å²) in [5.74, 6) is 2.45. The second-order valence-corrected chi connectivity index (χ2v) is 6.64. The molecule has 0 bridgehead atoms. The Morgan fingerprint density at radius 1 is 1.35 bits per heavy atom. The summed E-state index contributed by atoms with van der Waals surface area (Å²) in [6.45, 7) is 0.700. The second kappa shape index (κ2) is 6.28. The second-order valence-electron chi connectivity index (χ2n) is 4.41. The number of benzene rings is 1. The molecule has 0 spiro atoms. The number of aromatic nitrogens is 2. The van der Waals surface area contributed by atoms with Gasteiger partial charge < -0.3 is 9.72 Å². The molecule has 0 aliphatic carbocycles. The largest absolute Gasteiger partial charge is 0.369 e. The number of nitrogens with zero attached hydrogens (tertiary/aromatic N) is 1. The highest BCUT2D eigenvalue weighted by Gasteiger charge is 2.21. The van der Waals surface area contributed by atoms with Crippen LogP contribution in [-0.2, 0) is 4.74 Å². The summed E-state index contributed by atoms with van der Waals surface area (Å²) in [6.07, 6.45) is -0.124. The van der Waals surface area contributed by atoms with Crippen LogP contribution in [-0.4, -0.2) is 28.1 Å². The highest BCUT2D eigenvalue weighted by molar-refractivity contribution is 14.1. The van der Waals surface area contributed by atoms with Crippen molar-refractivity contribution in [2.75, 3.05) is 18.1 Å². The van der Waals surface area contributed by atoms with Gasteiger partial charge in [0, 0.05) is 17.1 Å². The van der Waals surface area contributed by atoms with E-state index in [2.05, 4.69) is 9.97 Å². The number of halogens is 1. The number of H-pyrrole nitrogens is 1. The molecule has 1 aromatic carbocycles. The number of thioether (sulfide) groups is 1. The number of hydrogen-bond acceptors (Lipinski definition) is 4. The van der Waals surface area contributed by atoms with Gasteiger partial charge in [-0.1, -0.05) is 30.3 Å². The highest BCUT2D eigenvalue weighted by atomic mass is 127. The fraction of sp³-hybridized carbons (Fsp3) is 0.286. The van der Waals surface area contributed by atoms with Crippen LogP contribution in [0.25, 0.3) is 11.3 Å². The quantitative estimate of drug-likeness (QED) is 0.788. The molecule has 0 amide bonds. The van der Waals surface area contributed by atoms with Crippen molar-refractivity contribution < 1.29 is 4.74 Å². The topological polar surface area (TPSA) is 55.0 Å². The molecule has 1 aliphatic rings. The molecule has 4 nitrogen and oxygen atoms in total. The van der Waals surface area contributed by atoms with E-state index in [1.165, 1.54) is 0 Å². The van der Waals surface area contributed by atoms with Crippen LogP contribution in [0.1, 0.15) is 11.9 Å². The van der Waals surface area contributed by atoms with E-state index in [0.717, 1.165) is 22.8 Å². The van der Waals surface area contributed by atoms with Gasteiger partial charge in [0.25, 0.3) is 5.56 Å². The lowest BCUT2D eigenvalue weighted by atomic mass is 10.1. The summed E-state index contributed by atoms with van der Waals surface area (Å²) in [5, 5.41) is 0. The fourth-order valence-corrected chi connectivity index (χ4v) is 3.48. The van der Waals surface area contributed by atoms with Gasteiger partial charge in [0.1, 0.15) is 15.5 Å². The first kappa shape index (κ1) is 14.1. The van der Waals surface area contributed by atoms with Gasteiger partial charge >= 0.3 is 0 Å². The summed E-state index contributed by atoms with van der Waals surface area (Å²) in [7, 11) is 0. The van der Waals surface area contributed by atoms with E-state index in [-0.39, 0.29) is 11.7 Å². The molecule has 1 aliphatic heterocycles. The third kappa shape index (κ3) is 2.91. The Kier molecular flexibility index (Phi) is 4.42. The summed E-state index contributed by atoms with van der Waals surface area (Å²) in [6, 6.07) is 9.77. The Morgan fingerprint density at radius 2 is 2.15 bits per heavy atom. The van der Waals surface area contributed by atoms with Crippen molar-refractivity contribution in [2.24, 2.45) is 0 Å². The molecule has 0 radical (unpaired) electrons. The summed E-state index contributed by atoms with van der Waals surface area (Å²) < 4.78 is 6.31. The lowest BCUT2D eigenvalue weighted by Crippen LogP contribution is -2.23. The van der Waals surface area contributed by atoms with E-state index >= 15 is 0 Å². The molecule has 2 heterocycles. The van der Waals surface area contributed by atoms with Crippen molar-refractivity contribution in [1.82, 2.24) is 9.97 Å². The van der Waals surface area contributed by atoms with Gasteiger partial charge in [0.15, 0.2) is 0 Å². The zero-order chi connectivity index (χ0) is 13.9. The van der Waals surface area contributed by atoms with Gasteiger partial charge in [-0.2, -0.15) is 11.8 Å². The van der Waals surface area contributed by atoms with Gasteiger partial charge in [0.05, 0.1) is 12.3 Å². The van der Waals surface area contributed by atoms with E-state index in [1.807, 2.05) is 64.7 Å². The Hall–Kier alpha value is -0.860. The molecule has 1 atom stereocenters.